The molecule has 7 heteroatoms. The van der Waals surface area contributed by atoms with Crippen LogP contribution in [0.5, 0.6) is 5.75 Å². The van der Waals surface area contributed by atoms with Crippen molar-refractivity contribution in [3.63, 3.8) is 0 Å². The Bertz CT molecular complexity index is 1000. The molecule has 1 aromatic heterocycles. The average molecular weight is 415 g/mol. The summed E-state index contributed by atoms with van der Waals surface area (Å²) >= 11 is 5.99. The highest BCUT2D eigenvalue weighted by molar-refractivity contribution is 6.29. The molecule has 0 spiro atoms. The van der Waals surface area contributed by atoms with Gasteiger partial charge < -0.3 is 14.4 Å². The quantitative estimate of drug-likeness (QED) is 0.563. The van der Waals surface area contributed by atoms with Crippen LogP contribution in [0.2, 0.25) is 5.15 Å². The normalized spacial score (nSPS) is 19.2. The number of fused-ring (bicyclic) bond motifs is 1. The lowest BCUT2D eigenvalue weighted by Gasteiger charge is -2.34. The first-order valence-corrected chi connectivity index (χ1v) is 9.79. The predicted octanol–water partition coefficient (Wildman–Crippen LogP) is 5.02. The van der Waals surface area contributed by atoms with E-state index in [2.05, 4.69) is 4.98 Å². The van der Waals surface area contributed by atoms with E-state index in [1.165, 1.54) is 4.90 Å². The van der Waals surface area contributed by atoms with Crippen molar-refractivity contribution in [2.75, 3.05) is 13.1 Å². The van der Waals surface area contributed by atoms with Crippen LogP contribution < -0.4 is 4.74 Å². The number of hydrogen-bond donors (Lipinski definition) is 0. The van der Waals surface area contributed by atoms with Gasteiger partial charge in [-0.05, 0) is 23.8 Å². The average Bonchev–Trinajstić information content (AvgIpc) is 2.74. The number of amides is 1. The van der Waals surface area contributed by atoms with Gasteiger partial charge in [-0.15, -0.1) is 0 Å². The number of likely N-dealkylation sites (tertiary alicyclic amines) is 1. The molecule has 2 atom stereocenters. The number of nitrogens with zero attached hydrogens (tertiary/aromatic N) is 2. The van der Waals surface area contributed by atoms with E-state index in [1.807, 2.05) is 48.5 Å². The molecule has 150 valence electrons. The highest BCUT2D eigenvalue weighted by atomic mass is 35.5. The van der Waals surface area contributed by atoms with Gasteiger partial charge in [-0.1, -0.05) is 54.1 Å². The van der Waals surface area contributed by atoms with Gasteiger partial charge in [-0.3, -0.25) is 0 Å². The second-order valence-corrected chi connectivity index (χ2v) is 7.30. The number of hydrogen-bond acceptors (Lipinski definition) is 4. The number of pyridine rings is 1. The number of rotatable bonds is 4. The molecule has 0 radical (unpaired) electrons. The molecule has 0 aliphatic carbocycles. The Balaban J connectivity index is 1.37. The molecule has 3 aromatic rings. The van der Waals surface area contributed by atoms with Gasteiger partial charge in [-0.25, -0.2) is 14.2 Å². The molecule has 0 saturated carbocycles. The van der Waals surface area contributed by atoms with Crippen LogP contribution >= 0.6 is 11.6 Å². The van der Waals surface area contributed by atoms with Gasteiger partial charge in [0.2, 0.25) is 0 Å². The zero-order valence-corrected chi connectivity index (χ0v) is 16.4. The van der Waals surface area contributed by atoms with E-state index in [0.29, 0.717) is 29.4 Å². The summed E-state index contributed by atoms with van der Waals surface area (Å²) in [6, 6.07) is 18.4. The van der Waals surface area contributed by atoms with Crippen LogP contribution in [0.4, 0.5) is 9.18 Å². The first-order chi connectivity index (χ1) is 14.1. The second kappa shape index (κ2) is 8.66. The van der Waals surface area contributed by atoms with E-state index in [1.54, 1.807) is 12.1 Å². The Morgan fingerprint density at radius 1 is 1.14 bits per heavy atom. The molecule has 4 rings (SSSR count). The van der Waals surface area contributed by atoms with Crippen molar-refractivity contribution in [2.45, 2.75) is 25.3 Å². The Morgan fingerprint density at radius 3 is 2.76 bits per heavy atom. The number of benzene rings is 2. The fourth-order valence-electron chi connectivity index (χ4n) is 3.35. The van der Waals surface area contributed by atoms with E-state index in [0.717, 1.165) is 10.9 Å². The number of carbonyl (C=O) groups excluding carboxylic acids is 1. The summed E-state index contributed by atoms with van der Waals surface area (Å²) in [5, 5.41) is 1.21. The Kier molecular flexibility index (Phi) is 5.81. The summed E-state index contributed by atoms with van der Waals surface area (Å²) in [6.07, 6.45) is -2.16. The van der Waals surface area contributed by atoms with Gasteiger partial charge in [0.05, 0.1) is 6.54 Å². The summed E-state index contributed by atoms with van der Waals surface area (Å²) < 4.78 is 26.0. The van der Waals surface area contributed by atoms with Crippen LogP contribution in [-0.2, 0) is 11.3 Å². The number of piperidine rings is 1. The van der Waals surface area contributed by atoms with Gasteiger partial charge in [0.15, 0.2) is 6.17 Å². The summed E-state index contributed by atoms with van der Waals surface area (Å²) in [5.74, 6) is 0.484. The van der Waals surface area contributed by atoms with Crippen LogP contribution in [0.15, 0.2) is 60.7 Å². The molecular weight excluding hydrogens is 395 g/mol. The van der Waals surface area contributed by atoms with Crippen molar-refractivity contribution in [2.24, 2.45) is 0 Å². The second-order valence-electron chi connectivity index (χ2n) is 6.91. The molecule has 1 saturated heterocycles. The van der Waals surface area contributed by atoms with Gasteiger partial charge in [-0.2, -0.15) is 0 Å². The minimum absolute atomic E-state index is 0.0722. The van der Waals surface area contributed by atoms with Crippen LogP contribution in [0.1, 0.15) is 12.0 Å². The number of halogens is 2. The number of alkyl halides is 1. The molecule has 0 unspecified atom stereocenters. The van der Waals surface area contributed by atoms with E-state index in [-0.39, 0.29) is 13.2 Å². The van der Waals surface area contributed by atoms with E-state index >= 15 is 0 Å². The number of ether oxygens (including phenoxy) is 2. The maximum Gasteiger partial charge on any atom is 0.410 e. The minimum atomic E-state index is -1.33. The van der Waals surface area contributed by atoms with Gasteiger partial charge in [0.25, 0.3) is 0 Å². The van der Waals surface area contributed by atoms with Gasteiger partial charge in [0.1, 0.15) is 29.1 Å². The molecule has 5 nitrogen and oxygen atoms in total. The summed E-state index contributed by atoms with van der Waals surface area (Å²) in [4.78, 5) is 17.9. The monoisotopic (exact) mass is 414 g/mol. The van der Waals surface area contributed by atoms with Gasteiger partial charge in [0, 0.05) is 18.4 Å². The molecule has 1 aliphatic heterocycles. The highest BCUT2D eigenvalue weighted by Gasteiger charge is 2.34. The molecule has 1 amide bonds. The standard InChI is InChI=1S/C22H20ClFN2O3/c23-20-10-9-16-7-4-8-19(21(16)25-20)29-18-11-12-26(13-17(18)24)22(27)28-14-15-5-2-1-3-6-15/h1-10,17-18H,11-14H2/t17-,18-/m1/s1. The largest absolute Gasteiger partial charge is 0.485 e. The zero-order valence-electron chi connectivity index (χ0n) is 15.6. The lowest BCUT2D eigenvalue weighted by atomic mass is 10.1. The first kappa shape index (κ1) is 19.5. The summed E-state index contributed by atoms with van der Waals surface area (Å²) in [6.45, 7) is 0.449. The fraction of sp³-hybridized carbons (Fsp3) is 0.273. The number of para-hydroxylation sites is 1. The lowest BCUT2D eigenvalue weighted by molar-refractivity contribution is 0.0153. The number of aromatic nitrogens is 1. The van der Waals surface area contributed by atoms with E-state index in [4.69, 9.17) is 21.1 Å². The number of carbonyl (C=O) groups is 1. The van der Waals surface area contributed by atoms with E-state index in [9.17, 15) is 9.18 Å². The van der Waals surface area contributed by atoms with Crippen LogP contribution in [0.25, 0.3) is 10.9 Å². The third-order valence-corrected chi connectivity index (χ3v) is 5.08. The lowest BCUT2D eigenvalue weighted by Crippen LogP contribution is -2.49. The van der Waals surface area contributed by atoms with Crippen LogP contribution in [0.3, 0.4) is 0 Å². The molecule has 2 aromatic carbocycles. The van der Waals surface area contributed by atoms with Gasteiger partial charge >= 0.3 is 6.09 Å². The third-order valence-electron chi connectivity index (χ3n) is 4.87. The Hall–Kier alpha value is -2.86. The maximum absolute atomic E-state index is 14.8. The molecular formula is C22H20ClFN2O3. The highest BCUT2D eigenvalue weighted by Crippen LogP contribution is 2.29. The van der Waals surface area contributed by atoms with E-state index < -0.39 is 18.4 Å². The fourth-order valence-corrected chi connectivity index (χ4v) is 3.49. The maximum atomic E-state index is 14.8. The molecule has 29 heavy (non-hydrogen) atoms. The zero-order chi connectivity index (χ0) is 20.2. The van der Waals surface area contributed by atoms with Crippen molar-refractivity contribution in [1.29, 1.82) is 0 Å². The van der Waals surface area contributed by atoms with Crippen molar-refractivity contribution in [3.05, 3.63) is 71.4 Å². The van der Waals surface area contributed by atoms with Crippen molar-refractivity contribution in [3.8, 4) is 5.75 Å². The molecule has 0 bridgehead atoms. The van der Waals surface area contributed by atoms with Crippen molar-refractivity contribution < 1.29 is 18.7 Å². The smallest absolute Gasteiger partial charge is 0.410 e. The first-order valence-electron chi connectivity index (χ1n) is 9.42. The Morgan fingerprint density at radius 2 is 1.97 bits per heavy atom. The predicted molar refractivity (Wildman–Crippen MR) is 109 cm³/mol. The van der Waals surface area contributed by atoms with Crippen LogP contribution in [-0.4, -0.2) is 41.3 Å². The topological polar surface area (TPSA) is 51.7 Å². The molecule has 0 N–H and O–H groups in total. The van der Waals surface area contributed by atoms with Crippen LogP contribution in [0, 0.1) is 0 Å². The molecule has 1 fully saturated rings. The summed E-state index contributed by atoms with van der Waals surface area (Å²) in [7, 11) is 0. The van der Waals surface area contributed by atoms with Crippen molar-refractivity contribution in [1.82, 2.24) is 9.88 Å². The SMILES string of the molecule is O=C(OCc1ccccc1)N1CC[C@@H](Oc2cccc3ccc(Cl)nc23)[C@H](F)C1. The third kappa shape index (κ3) is 4.59. The summed E-state index contributed by atoms with van der Waals surface area (Å²) in [5.41, 5.74) is 1.48. The van der Waals surface area contributed by atoms with Crippen molar-refractivity contribution >= 4 is 28.6 Å². The molecule has 2 heterocycles. The molecule has 1 aliphatic rings. The Labute approximate surface area is 173 Å². The minimum Gasteiger partial charge on any atom is -0.485 e.